The third-order valence-corrected chi connectivity index (χ3v) is 28.2. The molecule has 0 saturated heterocycles. The molecule has 2 aliphatic heterocycles. The zero-order valence-corrected chi connectivity index (χ0v) is 42.4. The topological polar surface area (TPSA) is 18.5 Å². The minimum Gasteiger partial charge on any atom is -0.457 e. The number of rotatable bonds is 8. The molecular weight excluding hydrogens is 861 g/mol. The van der Waals surface area contributed by atoms with Gasteiger partial charge >= 0.3 is 0 Å². The van der Waals surface area contributed by atoms with Crippen molar-refractivity contribution in [2.45, 2.75) is 89.4 Å². The molecule has 0 N–H and O–H groups in total. The molecule has 8 aromatic rings. The van der Waals surface area contributed by atoms with Crippen molar-refractivity contribution in [1.82, 2.24) is 0 Å². The van der Waals surface area contributed by atoms with Crippen molar-refractivity contribution in [2.24, 2.45) is 0 Å². The Hall–Kier alpha value is -5.99. The van der Waals surface area contributed by atoms with E-state index in [1.807, 2.05) is 0 Å². The third kappa shape index (κ3) is 6.83. The fourth-order valence-corrected chi connectivity index (χ4v) is 23.4. The molecule has 2 saturated carbocycles. The van der Waals surface area contributed by atoms with E-state index >= 15 is 0 Å². The Morgan fingerprint density at radius 2 is 0.731 bits per heavy atom. The summed E-state index contributed by atoms with van der Waals surface area (Å²) in [5.74, 6) is 5.17. The second-order valence-corrected chi connectivity index (χ2v) is 33.3. The van der Waals surface area contributed by atoms with Gasteiger partial charge in [-0.1, -0.05) is 222 Å². The zero-order valence-electron chi connectivity index (χ0n) is 39.4. The number of fused-ring (bicyclic) bond motifs is 4. The number of benzene rings is 8. The smallest absolute Gasteiger partial charge is 0.179 e. The van der Waals surface area contributed by atoms with Crippen molar-refractivity contribution in [1.29, 1.82) is 0 Å². The van der Waals surface area contributed by atoms with Crippen LogP contribution in [0.1, 0.15) is 74.3 Å². The molecule has 4 aliphatic rings. The minimum atomic E-state index is -2.96. The number of hydrogen-bond donors (Lipinski definition) is 0. The van der Waals surface area contributed by atoms with Crippen LogP contribution in [0.2, 0.25) is 26.2 Å². The minimum absolute atomic E-state index is 0.490. The monoisotopic (exact) mass is 920 g/mol. The second-order valence-electron chi connectivity index (χ2n) is 20.9. The Kier molecular flexibility index (Phi) is 10.5. The van der Waals surface area contributed by atoms with Gasteiger partial charge in [0.05, 0.1) is 0 Å². The SMILES string of the molecule is C[Si]1(C)c2ccccc2Oc2c(-c3ccc([Si](c4ccccc4)(c4ccccc4)c4ccc(-c5cccc6c5Oc5ccccc5[Si]6(C)C)c(C5CCCC5)c4)cc3C3CCCC3)cccc21. The van der Waals surface area contributed by atoms with E-state index < -0.39 is 24.2 Å². The summed E-state index contributed by atoms with van der Waals surface area (Å²) in [4.78, 5) is 0. The normalized spacial score (nSPS) is 17.1. The number of ether oxygens (including phenoxy) is 2. The summed E-state index contributed by atoms with van der Waals surface area (Å²) >= 11 is 0. The summed E-state index contributed by atoms with van der Waals surface area (Å²) in [5.41, 5.74) is 8.13. The molecule has 2 nitrogen and oxygen atoms in total. The Morgan fingerprint density at radius 3 is 1.15 bits per heavy atom. The largest absolute Gasteiger partial charge is 0.457 e. The molecule has 2 aliphatic carbocycles. The van der Waals surface area contributed by atoms with Crippen molar-refractivity contribution < 1.29 is 9.47 Å². The van der Waals surface area contributed by atoms with Crippen molar-refractivity contribution in [3.63, 3.8) is 0 Å². The summed E-state index contributed by atoms with van der Waals surface area (Å²) in [6.45, 7) is 9.96. The first-order valence-corrected chi connectivity index (χ1v) is 33.0. The fourth-order valence-electron chi connectivity index (χ4n) is 13.0. The van der Waals surface area contributed by atoms with Crippen LogP contribution in [-0.4, -0.2) is 24.2 Å². The van der Waals surface area contributed by atoms with Gasteiger partial charge in [-0.3, -0.25) is 0 Å². The van der Waals surface area contributed by atoms with E-state index in [1.54, 1.807) is 0 Å². The van der Waals surface area contributed by atoms with E-state index in [0.717, 1.165) is 23.0 Å². The molecule has 0 spiro atoms. The first kappa shape index (κ1) is 42.4. The van der Waals surface area contributed by atoms with Gasteiger partial charge in [0, 0.05) is 11.1 Å². The molecule has 0 amide bonds. The Balaban J connectivity index is 1.09. The van der Waals surface area contributed by atoms with Crippen LogP contribution in [-0.2, 0) is 0 Å². The lowest BCUT2D eigenvalue weighted by atomic mass is 9.89. The van der Waals surface area contributed by atoms with Crippen LogP contribution in [0, 0.1) is 0 Å². The number of para-hydroxylation sites is 4. The van der Waals surface area contributed by atoms with Crippen molar-refractivity contribution in [3.8, 4) is 45.3 Å². The lowest BCUT2D eigenvalue weighted by Crippen LogP contribution is -2.74. The molecule has 0 atom stereocenters. The molecule has 332 valence electrons. The zero-order chi connectivity index (χ0) is 45.3. The number of hydrogen-bond acceptors (Lipinski definition) is 2. The van der Waals surface area contributed by atoms with E-state index in [0.29, 0.717) is 11.8 Å². The van der Waals surface area contributed by atoms with Crippen LogP contribution >= 0.6 is 0 Å². The highest BCUT2D eigenvalue weighted by Gasteiger charge is 2.44. The van der Waals surface area contributed by atoms with Crippen LogP contribution in [0.3, 0.4) is 0 Å². The van der Waals surface area contributed by atoms with Gasteiger partial charge < -0.3 is 9.47 Å². The van der Waals surface area contributed by atoms with Gasteiger partial charge in [0.2, 0.25) is 0 Å². The van der Waals surface area contributed by atoms with Gasteiger partial charge in [-0.15, -0.1) is 0 Å². The van der Waals surface area contributed by atoms with Crippen molar-refractivity contribution >= 4 is 65.7 Å². The maximum Gasteiger partial charge on any atom is 0.179 e. The highest BCUT2D eigenvalue weighted by molar-refractivity contribution is 7.20. The maximum atomic E-state index is 7.03. The predicted octanol–water partition coefficient (Wildman–Crippen LogP) is 11.6. The Morgan fingerprint density at radius 1 is 0.358 bits per heavy atom. The third-order valence-electron chi connectivity index (χ3n) is 16.5. The molecule has 5 heteroatoms. The van der Waals surface area contributed by atoms with E-state index in [-0.39, 0.29) is 0 Å². The van der Waals surface area contributed by atoms with E-state index in [1.165, 1.54) is 126 Å². The van der Waals surface area contributed by atoms with Crippen LogP contribution in [0.25, 0.3) is 22.3 Å². The van der Waals surface area contributed by atoms with Gasteiger partial charge in [-0.25, -0.2) is 0 Å². The molecule has 67 heavy (non-hydrogen) atoms. The van der Waals surface area contributed by atoms with Gasteiger partial charge in [0.25, 0.3) is 0 Å². The van der Waals surface area contributed by atoms with Gasteiger partial charge in [0.1, 0.15) is 39.1 Å². The first-order valence-electron chi connectivity index (χ1n) is 25.0. The summed E-state index contributed by atoms with van der Waals surface area (Å²) in [5, 5.41) is 11.3. The summed E-state index contributed by atoms with van der Waals surface area (Å²) in [6.07, 6.45) is 9.96. The van der Waals surface area contributed by atoms with E-state index in [9.17, 15) is 0 Å². The van der Waals surface area contributed by atoms with Gasteiger partial charge in [-0.05, 0) is 113 Å². The average molecular weight is 921 g/mol. The standard InChI is InChI=1S/C62H60O2Si3/c1-65(2)57-33-17-15-31-55(57)63-61-51(29-19-35-59(61)65)49-39-37-47(41-53(49)43-21-11-12-22-43)67(45-25-7-5-8-26-45,46-27-9-6-10-28-46)48-38-40-50(54(42-48)44-23-13-14-24-44)52-30-20-36-60-62(52)64-56-32-16-18-34-58(56)66(60,3)4/h5-10,15-20,25-44H,11-14,21-24H2,1-4H3. The average Bonchev–Trinajstić information content (AvgIpc) is 4.12. The summed E-state index contributed by atoms with van der Waals surface area (Å²) in [6, 6.07) is 70.2. The molecular formula is C62H60O2Si3. The molecule has 0 bridgehead atoms. The summed E-state index contributed by atoms with van der Waals surface area (Å²) < 4.78 is 14.1. The molecule has 2 heterocycles. The Labute approximate surface area is 400 Å². The molecule has 12 rings (SSSR count). The first-order chi connectivity index (χ1) is 32.7. The lowest BCUT2D eigenvalue weighted by Gasteiger charge is -2.37. The van der Waals surface area contributed by atoms with E-state index in [4.69, 9.17) is 9.47 Å². The van der Waals surface area contributed by atoms with Gasteiger partial charge in [-0.2, -0.15) is 0 Å². The van der Waals surface area contributed by atoms with Crippen LogP contribution in [0.5, 0.6) is 23.0 Å². The second kappa shape index (κ2) is 16.7. The predicted molar refractivity (Wildman–Crippen MR) is 290 cm³/mol. The highest BCUT2D eigenvalue weighted by Crippen LogP contribution is 2.46. The van der Waals surface area contributed by atoms with Crippen molar-refractivity contribution in [3.05, 3.63) is 193 Å². The molecule has 0 radical (unpaired) electrons. The maximum absolute atomic E-state index is 7.03. The molecule has 8 aromatic carbocycles. The quantitative estimate of drug-likeness (QED) is 0.112. The lowest BCUT2D eigenvalue weighted by molar-refractivity contribution is 0.488. The fraction of sp³-hybridized carbons (Fsp3) is 0.226. The van der Waals surface area contributed by atoms with E-state index in [2.05, 4.69) is 208 Å². The summed E-state index contributed by atoms with van der Waals surface area (Å²) in [7, 11) is -7.00. The van der Waals surface area contributed by atoms with Crippen LogP contribution < -0.4 is 51.0 Å². The van der Waals surface area contributed by atoms with Crippen LogP contribution in [0.15, 0.2) is 182 Å². The van der Waals surface area contributed by atoms with Crippen LogP contribution in [0.4, 0.5) is 0 Å². The molecule has 0 unspecified atom stereocenters. The molecule has 0 aromatic heterocycles. The van der Waals surface area contributed by atoms with Gasteiger partial charge in [0.15, 0.2) is 8.07 Å². The highest BCUT2D eigenvalue weighted by atomic mass is 28.3. The van der Waals surface area contributed by atoms with Crippen molar-refractivity contribution in [2.75, 3.05) is 0 Å². The Bertz CT molecular complexity index is 2950. The molecule has 2 fully saturated rings.